The van der Waals surface area contributed by atoms with E-state index in [0.29, 0.717) is 35.4 Å². The van der Waals surface area contributed by atoms with Crippen LogP contribution in [0.15, 0.2) is 47.0 Å². The van der Waals surface area contributed by atoms with Crippen molar-refractivity contribution in [2.75, 3.05) is 32.1 Å². The zero-order valence-corrected chi connectivity index (χ0v) is 21.5. The molecule has 36 heavy (non-hydrogen) atoms. The minimum absolute atomic E-state index is 0.273. The first-order chi connectivity index (χ1) is 17.4. The summed E-state index contributed by atoms with van der Waals surface area (Å²) in [6, 6.07) is 13.0. The fourth-order valence-corrected chi connectivity index (χ4v) is 4.14. The van der Waals surface area contributed by atoms with Crippen molar-refractivity contribution in [3.05, 3.63) is 65.0 Å². The molecule has 9 nitrogen and oxygen atoms in total. The van der Waals surface area contributed by atoms with E-state index in [1.54, 1.807) is 25.3 Å². The van der Waals surface area contributed by atoms with Crippen LogP contribution in [0.4, 0.5) is 5.95 Å². The molecule has 2 aromatic heterocycles. The fraction of sp³-hybridized carbons (Fsp3) is 0.370. The lowest BCUT2D eigenvalue weighted by Crippen LogP contribution is -2.27. The summed E-state index contributed by atoms with van der Waals surface area (Å²) in [6.07, 6.45) is 0. The summed E-state index contributed by atoms with van der Waals surface area (Å²) in [4.78, 5) is 20.2. The molecule has 0 bridgehead atoms. The zero-order chi connectivity index (χ0) is 25.7. The van der Waals surface area contributed by atoms with Gasteiger partial charge in [-0.1, -0.05) is 31.1 Å². The van der Waals surface area contributed by atoms with Crippen LogP contribution >= 0.6 is 0 Å². The second-order valence-corrected chi connectivity index (χ2v) is 8.51. The van der Waals surface area contributed by atoms with Crippen molar-refractivity contribution in [3.63, 3.8) is 0 Å². The summed E-state index contributed by atoms with van der Waals surface area (Å²) in [6.45, 7) is 11.8. The molecule has 0 unspecified atom stereocenters. The van der Waals surface area contributed by atoms with Gasteiger partial charge in [0.25, 0.3) is 5.91 Å². The normalized spacial score (nSPS) is 11.3. The van der Waals surface area contributed by atoms with Gasteiger partial charge in [0.15, 0.2) is 11.5 Å². The molecule has 0 spiro atoms. The highest BCUT2D eigenvalue weighted by Gasteiger charge is 2.18. The number of imidazole rings is 1. The number of fused-ring (bicyclic) bond motifs is 1. The van der Waals surface area contributed by atoms with Crippen molar-refractivity contribution in [2.24, 2.45) is 0 Å². The number of hydrogen-bond acceptors (Lipinski definition) is 7. The van der Waals surface area contributed by atoms with Gasteiger partial charge in [0.2, 0.25) is 5.95 Å². The van der Waals surface area contributed by atoms with Crippen LogP contribution < -0.4 is 14.8 Å². The number of anilines is 1. The molecule has 4 rings (SSSR count). The van der Waals surface area contributed by atoms with Gasteiger partial charge < -0.3 is 23.5 Å². The van der Waals surface area contributed by atoms with E-state index >= 15 is 0 Å². The van der Waals surface area contributed by atoms with Crippen LogP contribution in [-0.4, -0.2) is 52.3 Å². The minimum atomic E-state index is -0.273. The summed E-state index contributed by atoms with van der Waals surface area (Å²) in [5.74, 6) is 1.95. The number of nitrogens with zero attached hydrogens (tertiary/aromatic N) is 4. The number of nitrogens with one attached hydrogen (secondary N) is 1. The number of rotatable bonds is 11. The maximum Gasteiger partial charge on any atom is 0.258 e. The van der Waals surface area contributed by atoms with Crippen LogP contribution in [0.25, 0.3) is 11.0 Å². The Morgan fingerprint density at radius 1 is 1.11 bits per heavy atom. The fourth-order valence-electron chi connectivity index (χ4n) is 4.14. The van der Waals surface area contributed by atoms with Crippen LogP contribution in [-0.2, 0) is 13.2 Å². The first-order valence-electron chi connectivity index (χ1n) is 12.2. The van der Waals surface area contributed by atoms with Crippen molar-refractivity contribution < 1.29 is 18.8 Å². The molecule has 0 radical (unpaired) electrons. The number of ether oxygens (including phenoxy) is 2. The second kappa shape index (κ2) is 11.3. The quantitative estimate of drug-likeness (QED) is 0.321. The molecule has 0 saturated carbocycles. The number of benzene rings is 2. The van der Waals surface area contributed by atoms with Crippen molar-refractivity contribution in [2.45, 2.75) is 40.8 Å². The van der Waals surface area contributed by atoms with Crippen LogP contribution in [0.2, 0.25) is 0 Å². The van der Waals surface area contributed by atoms with Crippen molar-refractivity contribution in [1.82, 2.24) is 19.6 Å². The minimum Gasteiger partial charge on any atom is -0.493 e. The van der Waals surface area contributed by atoms with Gasteiger partial charge in [0.05, 0.1) is 29.4 Å². The third-order valence-electron chi connectivity index (χ3n) is 6.39. The number of amides is 1. The lowest BCUT2D eigenvalue weighted by atomic mass is 10.2. The Bertz CT molecular complexity index is 1320. The monoisotopic (exact) mass is 491 g/mol. The first kappa shape index (κ1) is 25.2. The molecule has 4 aromatic rings. The van der Waals surface area contributed by atoms with Crippen molar-refractivity contribution >= 4 is 22.9 Å². The number of carbonyl (C=O) groups is 1. The van der Waals surface area contributed by atoms with E-state index < -0.39 is 0 Å². The highest BCUT2D eigenvalue weighted by atomic mass is 16.5. The topological polar surface area (TPSA) is 94.7 Å². The van der Waals surface area contributed by atoms with E-state index in [-0.39, 0.29) is 5.91 Å². The molecule has 0 aliphatic rings. The van der Waals surface area contributed by atoms with Gasteiger partial charge >= 0.3 is 0 Å². The lowest BCUT2D eigenvalue weighted by Gasteiger charge is -2.19. The summed E-state index contributed by atoms with van der Waals surface area (Å²) < 4.78 is 18.7. The van der Waals surface area contributed by atoms with Gasteiger partial charge in [-0.05, 0) is 57.3 Å². The predicted molar refractivity (Wildman–Crippen MR) is 139 cm³/mol. The molecule has 0 saturated heterocycles. The van der Waals surface area contributed by atoms with E-state index in [1.807, 2.05) is 38.1 Å². The Labute approximate surface area is 211 Å². The lowest BCUT2D eigenvalue weighted by molar-refractivity contribution is 0.102. The predicted octanol–water partition coefficient (Wildman–Crippen LogP) is 4.82. The maximum absolute atomic E-state index is 13.2. The van der Waals surface area contributed by atoms with Gasteiger partial charge in [-0.25, -0.2) is 4.98 Å². The Morgan fingerprint density at radius 2 is 1.89 bits per heavy atom. The van der Waals surface area contributed by atoms with Crippen molar-refractivity contribution in [3.8, 4) is 11.5 Å². The number of aryl methyl sites for hydroxylation is 2. The molecule has 2 aromatic carbocycles. The second-order valence-electron chi connectivity index (χ2n) is 8.51. The molecule has 0 fully saturated rings. The van der Waals surface area contributed by atoms with Gasteiger partial charge in [-0.15, -0.1) is 0 Å². The Balaban J connectivity index is 1.53. The van der Waals surface area contributed by atoms with E-state index in [4.69, 9.17) is 14.0 Å². The van der Waals surface area contributed by atoms with Crippen LogP contribution in [0.5, 0.6) is 11.5 Å². The number of para-hydroxylation sites is 2. The number of likely N-dealkylation sites (N-methyl/N-ethyl adjacent to an activating group) is 1. The van der Waals surface area contributed by atoms with E-state index in [2.05, 4.69) is 38.8 Å². The van der Waals surface area contributed by atoms with Crippen LogP contribution in [0.1, 0.15) is 41.2 Å². The van der Waals surface area contributed by atoms with Gasteiger partial charge in [-0.3, -0.25) is 10.1 Å². The summed E-state index contributed by atoms with van der Waals surface area (Å²) in [7, 11) is 1.55. The highest BCUT2D eigenvalue weighted by Crippen LogP contribution is 2.30. The molecule has 1 N–H and O–H groups in total. The highest BCUT2D eigenvalue weighted by molar-refractivity contribution is 6.04. The first-order valence-corrected chi connectivity index (χ1v) is 12.2. The third kappa shape index (κ3) is 5.36. The Kier molecular flexibility index (Phi) is 7.90. The SMILES string of the molecule is CCN(CC)CCn1c(NC(=O)c2ccc(OCc3c(C)noc3C)c(OC)c2)nc2ccccc21. The van der Waals surface area contributed by atoms with Gasteiger partial charge in [0, 0.05) is 18.7 Å². The molecule has 9 heteroatoms. The van der Waals surface area contributed by atoms with Gasteiger partial charge in [0.1, 0.15) is 12.4 Å². The van der Waals surface area contributed by atoms with Crippen molar-refractivity contribution in [1.29, 1.82) is 0 Å². The molecule has 0 aliphatic heterocycles. The number of carbonyl (C=O) groups excluding carboxylic acids is 1. The average Bonchev–Trinajstić information content (AvgIpc) is 3.41. The van der Waals surface area contributed by atoms with Gasteiger partial charge in [-0.2, -0.15) is 0 Å². The number of aromatic nitrogens is 3. The standard InChI is InChI=1S/C27H33N5O4/c1-6-31(7-2)14-15-32-23-11-9-8-10-22(23)28-27(32)29-26(33)20-12-13-24(25(16-20)34-5)35-17-21-18(3)30-36-19(21)4/h8-13,16H,6-7,14-15,17H2,1-5H3,(H,28,29,33). The zero-order valence-electron chi connectivity index (χ0n) is 21.5. The molecular weight excluding hydrogens is 458 g/mol. The molecule has 0 aliphatic carbocycles. The van der Waals surface area contributed by atoms with E-state index in [9.17, 15) is 4.79 Å². The molecular formula is C27H33N5O4. The third-order valence-corrected chi connectivity index (χ3v) is 6.39. The van der Waals surface area contributed by atoms with Crippen LogP contribution in [0, 0.1) is 13.8 Å². The molecule has 0 atom stereocenters. The van der Waals surface area contributed by atoms with Crippen LogP contribution in [0.3, 0.4) is 0 Å². The Morgan fingerprint density at radius 3 is 2.58 bits per heavy atom. The van der Waals surface area contributed by atoms with E-state index in [0.717, 1.165) is 48.5 Å². The number of methoxy groups -OCH3 is 1. The smallest absolute Gasteiger partial charge is 0.258 e. The van der Waals surface area contributed by atoms with E-state index in [1.165, 1.54) is 0 Å². The summed E-state index contributed by atoms with van der Waals surface area (Å²) >= 11 is 0. The molecule has 1 amide bonds. The Hall–Kier alpha value is -3.85. The summed E-state index contributed by atoms with van der Waals surface area (Å²) in [5.41, 5.74) is 3.95. The molecule has 2 heterocycles. The average molecular weight is 492 g/mol. The summed E-state index contributed by atoms with van der Waals surface area (Å²) in [5, 5.41) is 6.95. The largest absolute Gasteiger partial charge is 0.493 e. The number of hydrogen-bond donors (Lipinski definition) is 1. The molecule has 190 valence electrons. The maximum atomic E-state index is 13.2.